The molecule has 1 aliphatic rings. The number of ether oxygens (including phenoxy) is 1. The Morgan fingerprint density at radius 2 is 1.97 bits per heavy atom. The summed E-state index contributed by atoms with van der Waals surface area (Å²) in [5.41, 5.74) is 0.452. The van der Waals surface area contributed by atoms with E-state index in [1.54, 1.807) is 12.1 Å². The van der Waals surface area contributed by atoms with Gasteiger partial charge in [-0.2, -0.15) is 0 Å². The van der Waals surface area contributed by atoms with Gasteiger partial charge < -0.3 is 20.3 Å². The molecule has 2 rings (SSSR count). The molecule has 30 heavy (non-hydrogen) atoms. The molecule has 1 aromatic carbocycles. The zero-order chi connectivity index (χ0) is 22.3. The molecule has 0 saturated carbocycles. The van der Waals surface area contributed by atoms with Crippen molar-refractivity contribution in [2.24, 2.45) is 10.9 Å². The smallest absolute Gasteiger partial charge is 0.415 e. The molecule has 0 aliphatic carbocycles. The third kappa shape index (κ3) is 7.24. The fourth-order valence-electron chi connectivity index (χ4n) is 3.18. The average molecular weight is 420 g/mol. The Kier molecular flexibility index (Phi) is 8.08. The number of hydrogen-bond donors (Lipinski definition) is 3. The van der Waals surface area contributed by atoms with E-state index in [-0.39, 0.29) is 29.8 Å². The van der Waals surface area contributed by atoms with Gasteiger partial charge in [-0.15, -0.1) is 0 Å². The van der Waals surface area contributed by atoms with Crippen LogP contribution in [-0.2, 0) is 11.2 Å². The van der Waals surface area contributed by atoms with Crippen LogP contribution in [0.3, 0.4) is 0 Å². The number of benzene rings is 1. The van der Waals surface area contributed by atoms with Crippen molar-refractivity contribution in [3.63, 3.8) is 0 Å². The van der Waals surface area contributed by atoms with Crippen molar-refractivity contribution in [1.82, 2.24) is 10.2 Å². The van der Waals surface area contributed by atoms with Crippen molar-refractivity contribution >= 4 is 18.0 Å². The minimum absolute atomic E-state index is 0.134. The first-order chi connectivity index (χ1) is 14.1. The number of imide groups is 1. The van der Waals surface area contributed by atoms with Crippen LogP contribution >= 0.6 is 0 Å². The number of carbonyl (C=O) groups is 2. The number of aliphatic imine (C=N–C) groups is 1. The number of carboxylic acid groups (broad SMARTS) is 1. The molecule has 0 aromatic heterocycles. The van der Waals surface area contributed by atoms with Crippen LogP contribution in [0, 0.1) is 5.92 Å². The lowest BCUT2D eigenvalue weighted by Gasteiger charge is -2.24. The predicted molar refractivity (Wildman–Crippen MR) is 115 cm³/mol. The maximum absolute atomic E-state index is 12.7. The first-order valence-corrected chi connectivity index (χ1v) is 10.4. The number of para-hydroxylation sites is 1. The number of rotatable bonds is 9. The second-order valence-corrected chi connectivity index (χ2v) is 8.74. The van der Waals surface area contributed by atoms with E-state index in [1.165, 1.54) is 0 Å². The molecule has 1 atom stereocenters. The average Bonchev–Trinajstić information content (AvgIpc) is 2.98. The molecule has 3 N–H and O–H groups in total. The molecule has 1 aromatic rings. The number of urea groups is 1. The van der Waals surface area contributed by atoms with Gasteiger partial charge in [-0.05, 0) is 50.7 Å². The van der Waals surface area contributed by atoms with E-state index in [1.807, 2.05) is 39.8 Å². The molecular weight excluding hydrogens is 386 g/mol. The topological polar surface area (TPSA) is 111 Å². The van der Waals surface area contributed by atoms with Gasteiger partial charge in [-0.25, -0.2) is 19.5 Å². The number of nitrogens with one attached hydrogen (secondary N) is 1. The number of phenols is 1. The van der Waals surface area contributed by atoms with Crippen LogP contribution in [-0.4, -0.2) is 57.9 Å². The lowest BCUT2D eigenvalue weighted by Crippen LogP contribution is -2.48. The van der Waals surface area contributed by atoms with Crippen molar-refractivity contribution in [3.05, 3.63) is 29.8 Å². The van der Waals surface area contributed by atoms with Crippen molar-refractivity contribution in [2.75, 3.05) is 13.2 Å². The quantitative estimate of drug-likeness (QED) is 0.560. The van der Waals surface area contributed by atoms with E-state index >= 15 is 0 Å². The van der Waals surface area contributed by atoms with Gasteiger partial charge in [-0.1, -0.05) is 32.0 Å². The largest absolute Gasteiger partial charge is 0.508 e. The van der Waals surface area contributed by atoms with Crippen molar-refractivity contribution in [2.45, 2.75) is 65.0 Å². The normalized spacial score (nSPS) is 16.0. The van der Waals surface area contributed by atoms with Crippen LogP contribution in [0.15, 0.2) is 29.3 Å². The zero-order valence-electron chi connectivity index (χ0n) is 18.2. The van der Waals surface area contributed by atoms with E-state index < -0.39 is 12.1 Å². The van der Waals surface area contributed by atoms with Crippen LogP contribution in [0.5, 0.6) is 5.75 Å². The summed E-state index contributed by atoms with van der Waals surface area (Å²) in [5.74, 6) is 1.02. The Bertz CT molecular complexity index is 776. The number of aryl methyl sites for hydroxylation is 1. The van der Waals surface area contributed by atoms with Crippen molar-refractivity contribution in [1.29, 1.82) is 0 Å². The summed E-state index contributed by atoms with van der Waals surface area (Å²) < 4.78 is 5.66. The van der Waals surface area contributed by atoms with Gasteiger partial charge in [0, 0.05) is 19.0 Å². The summed E-state index contributed by atoms with van der Waals surface area (Å²) in [4.78, 5) is 29.6. The molecule has 0 spiro atoms. The van der Waals surface area contributed by atoms with E-state index in [0.29, 0.717) is 38.2 Å². The van der Waals surface area contributed by atoms with Gasteiger partial charge in [0.05, 0.1) is 5.54 Å². The zero-order valence-corrected chi connectivity index (χ0v) is 18.2. The van der Waals surface area contributed by atoms with Gasteiger partial charge in [0.15, 0.2) is 5.90 Å². The highest BCUT2D eigenvalue weighted by atomic mass is 16.5. The standard InChI is InChI=1S/C22H33N3O5/c1-15(2)11-12-25(21(28)29)20(27)23-17(13-19-24-22(3,4)14-30-19)10-9-16-7-5-6-8-18(16)26/h5-8,15,17,26H,9-14H2,1-4H3,(H,23,27)(H,28,29)/t17-/m0/s1. The van der Waals surface area contributed by atoms with E-state index in [0.717, 1.165) is 10.5 Å². The Morgan fingerprint density at radius 1 is 1.27 bits per heavy atom. The SMILES string of the molecule is CC(C)CCN(C(=O)O)C(=O)N[C@@H](CCc1ccccc1O)CC1=NC(C)(C)CO1. The Balaban J connectivity index is 2.10. The van der Waals surface area contributed by atoms with Crippen LogP contribution in [0.4, 0.5) is 9.59 Å². The molecule has 166 valence electrons. The molecule has 0 saturated heterocycles. The highest BCUT2D eigenvalue weighted by Crippen LogP contribution is 2.22. The van der Waals surface area contributed by atoms with Crippen LogP contribution < -0.4 is 5.32 Å². The Hall–Kier alpha value is -2.77. The molecule has 0 unspecified atom stereocenters. The minimum Gasteiger partial charge on any atom is -0.508 e. The number of aromatic hydroxyl groups is 1. The second kappa shape index (κ2) is 10.3. The molecule has 0 radical (unpaired) electrons. The number of nitrogens with zero attached hydrogens (tertiary/aromatic N) is 2. The third-order valence-electron chi connectivity index (χ3n) is 4.93. The summed E-state index contributed by atoms with van der Waals surface area (Å²) in [7, 11) is 0. The molecule has 0 bridgehead atoms. The number of hydrogen-bond acceptors (Lipinski definition) is 5. The number of amides is 3. The fraction of sp³-hybridized carbons (Fsp3) is 0.591. The summed E-state index contributed by atoms with van der Waals surface area (Å²) in [5, 5.41) is 22.3. The molecule has 3 amide bonds. The number of phenolic OH excluding ortho intramolecular Hbond substituents is 1. The Labute approximate surface area is 177 Å². The van der Waals surface area contributed by atoms with E-state index in [4.69, 9.17) is 4.74 Å². The predicted octanol–water partition coefficient (Wildman–Crippen LogP) is 4.03. The van der Waals surface area contributed by atoms with Crippen molar-refractivity contribution < 1.29 is 24.5 Å². The van der Waals surface area contributed by atoms with E-state index in [2.05, 4.69) is 10.3 Å². The van der Waals surface area contributed by atoms with Crippen LogP contribution in [0.1, 0.15) is 52.5 Å². The maximum atomic E-state index is 12.7. The lowest BCUT2D eigenvalue weighted by atomic mass is 10.0. The first-order valence-electron chi connectivity index (χ1n) is 10.4. The van der Waals surface area contributed by atoms with Gasteiger partial charge in [0.1, 0.15) is 12.4 Å². The van der Waals surface area contributed by atoms with E-state index in [9.17, 15) is 19.8 Å². The summed E-state index contributed by atoms with van der Waals surface area (Å²) in [6.45, 7) is 8.49. The maximum Gasteiger partial charge on any atom is 0.415 e. The van der Waals surface area contributed by atoms with Crippen LogP contribution in [0.2, 0.25) is 0 Å². The monoisotopic (exact) mass is 419 g/mol. The highest BCUT2D eigenvalue weighted by Gasteiger charge is 2.29. The number of carbonyl (C=O) groups excluding carboxylic acids is 1. The summed E-state index contributed by atoms with van der Waals surface area (Å²) >= 11 is 0. The van der Waals surface area contributed by atoms with Crippen molar-refractivity contribution in [3.8, 4) is 5.75 Å². The molecule has 1 heterocycles. The Morgan fingerprint density at radius 3 is 2.53 bits per heavy atom. The summed E-state index contributed by atoms with van der Waals surface area (Å²) in [6, 6.07) is 6.00. The second-order valence-electron chi connectivity index (χ2n) is 8.74. The van der Waals surface area contributed by atoms with Gasteiger partial charge in [-0.3, -0.25) is 0 Å². The lowest BCUT2D eigenvalue weighted by molar-refractivity contribution is 0.144. The molecule has 0 fully saturated rings. The molecule has 1 aliphatic heterocycles. The third-order valence-corrected chi connectivity index (χ3v) is 4.93. The van der Waals surface area contributed by atoms with Gasteiger partial charge in [0.2, 0.25) is 0 Å². The molecule has 8 heteroatoms. The van der Waals surface area contributed by atoms with Gasteiger partial charge >= 0.3 is 12.1 Å². The highest BCUT2D eigenvalue weighted by molar-refractivity contribution is 5.90. The molecule has 8 nitrogen and oxygen atoms in total. The van der Waals surface area contributed by atoms with Crippen LogP contribution in [0.25, 0.3) is 0 Å². The molecular formula is C22H33N3O5. The van der Waals surface area contributed by atoms with Gasteiger partial charge in [0.25, 0.3) is 0 Å². The fourth-order valence-corrected chi connectivity index (χ4v) is 3.18. The minimum atomic E-state index is -1.27. The summed E-state index contributed by atoms with van der Waals surface area (Å²) in [6.07, 6.45) is 0.701. The first kappa shape index (κ1) is 23.5.